The number of aromatic nitrogens is 1. The Labute approximate surface area is 202 Å². The second kappa shape index (κ2) is 9.38. The van der Waals surface area contributed by atoms with Gasteiger partial charge in [0.25, 0.3) is 0 Å². The third-order valence-corrected chi connectivity index (χ3v) is 7.25. The molecule has 1 aliphatic carbocycles. The number of hydrogen-bond acceptors (Lipinski definition) is 5. The van der Waals surface area contributed by atoms with E-state index in [0.717, 1.165) is 29.0 Å². The number of carbonyl (C=O) groups excluding carboxylic acids is 3. The molecule has 2 fully saturated rings. The van der Waals surface area contributed by atoms with E-state index in [0.29, 0.717) is 24.3 Å². The molecule has 34 heavy (non-hydrogen) atoms. The molecule has 5 rings (SSSR count). The van der Waals surface area contributed by atoms with E-state index in [4.69, 9.17) is 0 Å². The molecule has 2 aromatic heterocycles. The Bertz CT molecular complexity index is 1190. The SMILES string of the molecule is Cc1ccc(N2C(=O)CCC(C(=O)Nc3ccc(NC(=O)C4CC4)nc3)C2c2cccs2)cc1. The zero-order chi connectivity index (χ0) is 23.7. The predicted octanol–water partition coefficient (Wildman–Crippen LogP) is 4.92. The van der Waals surface area contributed by atoms with Crippen molar-refractivity contribution >= 4 is 46.3 Å². The Kier molecular flexibility index (Phi) is 6.15. The summed E-state index contributed by atoms with van der Waals surface area (Å²) in [4.78, 5) is 45.4. The molecule has 1 aromatic carbocycles. The molecule has 0 bridgehead atoms. The van der Waals surface area contributed by atoms with Crippen LogP contribution in [0.2, 0.25) is 0 Å². The lowest BCUT2D eigenvalue weighted by Gasteiger charge is -2.40. The van der Waals surface area contributed by atoms with Crippen LogP contribution in [0, 0.1) is 18.8 Å². The number of aryl methyl sites for hydroxylation is 1. The lowest BCUT2D eigenvalue weighted by Crippen LogP contribution is -2.46. The molecule has 1 saturated heterocycles. The van der Waals surface area contributed by atoms with Gasteiger partial charge in [0, 0.05) is 22.9 Å². The second-order valence-electron chi connectivity index (χ2n) is 8.89. The van der Waals surface area contributed by atoms with E-state index in [2.05, 4.69) is 15.6 Å². The number of rotatable bonds is 6. The van der Waals surface area contributed by atoms with E-state index in [9.17, 15) is 14.4 Å². The number of benzene rings is 1. The average molecular weight is 475 g/mol. The third kappa shape index (κ3) is 4.72. The maximum atomic E-state index is 13.4. The molecule has 3 aromatic rings. The maximum Gasteiger partial charge on any atom is 0.230 e. The van der Waals surface area contributed by atoms with Crippen molar-refractivity contribution in [3.8, 4) is 0 Å². The minimum absolute atomic E-state index is 0.00820. The first kappa shape index (κ1) is 22.3. The molecule has 8 heteroatoms. The number of nitrogens with one attached hydrogen (secondary N) is 2. The van der Waals surface area contributed by atoms with E-state index in [-0.39, 0.29) is 29.7 Å². The normalized spacial score (nSPS) is 20.1. The average Bonchev–Trinajstić information content (AvgIpc) is 3.55. The van der Waals surface area contributed by atoms with Gasteiger partial charge in [-0.15, -0.1) is 11.3 Å². The summed E-state index contributed by atoms with van der Waals surface area (Å²) in [5, 5.41) is 7.74. The number of pyridine rings is 1. The van der Waals surface area contributed by atoms with Crippen molar-refractivity contribution in [2.75, 3.05) is 15.5 Å². The highest BCUT2D eigenvalue weighted by Crippen LogP contribution is 2.42. The van der Waals surface area contributed by atoms with Gasteiger partial charge in [-0.1, -0.05) is 23.8 Å². The summed E-state index contributed by atoms with van der Waals surface area (Å²) >= 11 is 1.55. The van der Waals surface area contributed by atoms with Crippen molar-refractivity contribution in [2.24, 2.45) is 11.8 Å². The summed E-state index contributed by atoms with van der Waals surface area (Å²) in [5.74, 6) is 0.0161. The third-order valence-electron chi connectivity index (χ3n) is 6.31. The van der Waals surface area contributed by atoms with Crippen LogP contribution in [0.5, 0.6) is 0 Å². The van der Waals surface area contributed by atoms with Gasteiger partial charge in [0.2, 0.25) is 17.7 Å². The van der Waals surface area contributed by atoms with Crippen LogP contribution < -0.4 is 15.5 Å². The van der Waals surface area contributed by atoms with Crippen LogP contribution in [0.25, 0.3) is 0 Å². The van der Waals surface area contributed by atoms with Gasteiger partial charge in [0.15, 0.2) is 0 Å². The van der Waals surface area contributed by atoms with Gasteiger partial charge in [-0.2, -0.15) is 0 Å². The van der Waals surface area contributed by atoms with Crippen LogP contribution in [0.15, 0.2) is 60.1 Å². The zero-order valence-corrected chi connectivity index (χ0v) is 19.7. The molecule has 2 aliphatic rings. The summed E-state index contributed by atoms with van der Waals surface area (Å²) in [6.45, 7) is 2.01. The summed E-state index contributed by atoms with van der Waals surface area (Å²) < 4.78 is 0. The van der Waals surface area contributed by atoms with Gasteiger partial charge in [0.05, 0.1) is 23.8 Å². The number of amides is 3. The summed E-state index contributed by atoms with van der Waals surface area (Å²) in [6, 6.07) is 14.8. The topological polar surface area (TPSA) is 91.4 Å². The minimum atomic E-state index is -0.410. The molecular weight excluding hydrogens is 448 g/mol. The maximum absolute atomic E-state index is 13.4. The molecule has 0 spiro atoms. The molecule has 3 amide bonds. The van der Waals surface area contributed by atoms with Crippen LogP contribution >= 0.6 is 11.3 Å². The smallest absolute Gasteiger partial charge is 0.230 e. The molecule has 1 aliphatic heterocycles. The molecule has 1 saturated carbocycles. The lowest BCUT2D eigenvalue weighted by atomic mass is 9.86. The first-order chi connectivity index (χ1) is 16.5. The number of piperidine rings is 1. The van der Waals surface area contributed by atoms with Crippen molar-refractivity contribution in [1.29, 1.82) is 0 Å². The number of thiophene rings is 1. The Morgan fingerprint density at radius 2 is 1.79 bits per heavy atom. The largest absolute Gasteiger partial charge is 0.324 e. The van der Waals surface area contributed by atoms with Gasteiger partial charge in [-0.3, -0.25) is 14.4 Å². The van der Waals surface area contributed by atoms with Gasteiger partial charge >= 0.3 is 0 Å². The zero-order valence-electron chi connectivity index (χ0n) is 18.9. The molecule has 7 nitrogen and oxygen atoms in total. The first-order valence-electron chi connectivity index (χ1n) is 11.5. The molecule has 174 valence electrons. The molecule has 0 radical (unpaired) electrons. The number of carbonyl (C=O) groups is 3. The molecule has 2 N–H and O–H groups in total. The fourth-order valence-electron chi connectivity index (χ4n) is 4.31. The summed E-state index contributed by atoms with van der Waals surface area (Å²) in [6.07, 6.45) is 4.17. The van der Waals surface area contributed by atoms with E-state index >= 15 is 0 Å². The number of nitrogens with zero attached hydrogens (tertiary/aromatic N) is 2. The van der Waals surface area contributed by atoms with Gasteiger partial charge in [-0.25, -0.2) is 4.98 Å². The van der Waals surface area contributed by atoms with Crippen molar-refractivity contribution < 1.29 is 14.4 Å². The predicted molar refractivity (Wildman–Crippen MR) is 133 cm³/mol. The van der Waals surface area contributed by atoms with Crippen molar-refractivity contribution in [3.63, 3.8) is 0 Å². The molecular formula is C26H26N4O3S. The highest BCUT2D eigenvalue weighted by molar-refractivity contribution is 7.10. The highest BCUT2D eigenvalue weighted by Gasteiger charge is 2.42. The van der Waals surface area contributed by atoms with E-state index < -0.39 is 5.92 Å². The van der Waals surface area contributed by atoms with Gasteiger partial charge in [-0.05, 0) is 61.9 Å². The number of anilines is 3. The fraction of sp³-hybridized carbons (Fsp3) is 0.308. The Hall–Kier alpha value is -3.52. The van der Waals surface area contributed by atoms with Crippen molar-refractivity contribution in [3.05, 3.63) is 70.5 Å². The highest BCUT2D eigenvalue weighted by atomic mass is 32.1. The van der Waals surface area contributed by atoms with Crippen LogP contribution in [-0.4, -0.2) is 22.7 Å². The second-order valence-corrected chi connectivity index (χ2v) is 9.87. The van der Waals surface area contributed by atoms with E-state index in [1.807, 2.05) is 48.7 Å². The minimum Gasteiger partial charge on any atom is -0.324 e. The lowest BCUT2D eigenvalue weighted by molar-refractivity contribution is -0.126. The molecule has 2 atom stereocenters. The fourth-order valence-corrected chi connectivity index (χ4v) is 5.19. The van der Waals surface area contributed by atoms with Crippen molar-refractivity contribution in [2.45, 2.75) is 38.6 Å². The van der Waals surface area contributed by atoms with Crippen LogP contribution in [-0.2, 0) is 14.4 Å². The molecule has 3 heterocycles. The Morgan fingerprint density at radius 3 is 2.44 bits per heavy atom. The van der Waals surface area contributed by atoms with E-state index in [1.165, 1.54) is 0 Å². The van der Waals surface area contributed by atoms with Crippen LogP contribution in [0.4, 0.5) is 17.2 Å². The summed E-state index contributed by atoms with van der Waals surface area (Å²) in [5.41, 5.74) is 2.46. The van der Waals surface area contributed by atoms with Gasteiger partial charge in [0.1, 0.15) is 5.82 Å². The van der Waals surface area contributed by atoms with Crippen LogP contribution in [0.1, 0.15) is 42.2 Å². The summed E-state index contributed by atoms with van der Waals surface area (Å²) in [7, 11) is 0. The number of hydrogen-bond donors (Lipinski definition) is 2. The Balaban J connectivity index is 1.36. The Morgan fingerprint density at radius 1 is 1.00 bits per heavy atom. The van der Waals surface area contributed by atoms with E-state index in [1.54, 1.807) is 34.6 Å². The van der Waals surface area contributed by atoms with Gasteiger partial charge < -0.3 is 15.5 Å². The first-order valence-corrected chi connectivity index (χ1v) is 12.4. The van der Waals surface area contributed by atoms with Crippen LogP contribution in [0.3, 0.4) is 0 Å². The molecule has 2 unspecified atom stereocenters. The quantitative estimate of drug-likeness (QED) is 0.530. The van der Waals surface area contributed by atoms with Crippen molar-refractivity contribution in [1.82, 2.24) is 4.98 Å². The standard InChI is InChI=1S/C26H26N4O3S/c1-16-4-9-19(10-5-16)30-23(31)13-11-20(24(30)21-3-2-14-34-21)26(33)28-18-8-12-22(27-15-18)29-25(32)17-6-7-17/h2-5,8-10,12,14-15,17,20,24H,6-7,11,13H2,1H3,(H,28,33)(H,27,29,32). The monoisotopic (exact) mass is 474 g/mol.